The quantitative estimate of drug-likeness (QED) is 0.881. The van der Waals surface area contributed by atoms with Gasteiger partial charge in [-0.1, -0.05) is 0 Å². The first-order chi connectivity index (χ1) is 8.78. The molecule has 0 fully saturated rings. The van der Waals surface area contributed by atoms with Crippen molar-refractivity contribution in [2.24, 2.45) is 0 Å². The third kappa shape index (κ3) is 3.38. The predicted molar refractivity (Wildman–Crippen MR) is 68.7 cm³/mol. The number of carbonyl (C=O) groups is 1. The summed E-state index contributed by atoms with van der Waals surface area (Å²) in [5, 5.41) is 2.80. The molecule has 18 heavy (non-hydrogen) atoms. The molecule has 0 saturated heterocycles. The first kappa shape index (κ1) is 12.2. The molecule has 0 spiro atoms. The minimum Gasteiger partial charge on any atom is -0.494 e. The molecule has 0 aliphatic rings. The fourth-order valence-electron chi connectivity index (χ4n) is 1.58. The van der Waals surface area contributed by atoms with Crippen LogP contribution in [0.5, 0.6) is 5.75 Å². The summed E-state index contributed by atoms with van der Waals surface area (Å²) in [6.45, 7) is 2.56. The fourth-order valence-corrected chi connectivity index (χ4v) is 1.58. The van der Waals surface area contributed by atoms with Crippen LogP contribution in [0, 0.1) is 0 Å². The highest BCUT2D eigenvalue weighted by Gasteiger charge is 2.06. The van der Waals surface area contributed by atoms with Gasteiger partial charge in [-0.25, -0.2) is 0 Å². The first-order valence-electron chi connectivity index (χ1n) is 5.83. The zero-order chi connectivity index (χ0) is 12.8. The van der Waals surface area contributed by atoms with Gasteiger partial charge in [0.1, 0.15) is 11.5 Å². The van der Waals surface area contributed by atoms with E-state index in [0.717, 1.165) is 11.4 Å². The van der Waals surface area contributed by atoms with Gasteiger partial charge in [-0.3, -0.25) is 4.79 Å². The number of benzene rings is 1. The average Bonchev–Trinajstić information content (AvgIpc) is 2.84. The number of anilines is 1. The van der Waals surface area contributed by atoms with E-state index in [1.54, 1.807) is 18.4 Å². The van der Waals surface area contributed by atoms with Gasteiger partial charge >= 0.3 is 0 Å². The Hall–Kier alpha value is -2.23. The minimum atomic E-state index is -0.103. The summed E-state index contributed by atoms with van der Waals surface area (Å²) in [5.41, 5.74) is 0.745. The molecule has 4 nitrogen and oxygen atoms in total. The van der Waals surface area contributed by atoms with Gasteiger partial charge in [0.05, 0.1) is 19.3 Å². The lowest BCUT2D eigenvalue weighted by molar-refractivity contribution is -0.115. The third-order valence-electron chi connectivity index (χ3n) is 2.36. The highest BCUT2D eigenvalue weighted by molar-refractivity contribution is 5.91. The number of carbonyl (C=O) groups excluding carboxylic acids is 1. The van der Waals surface area contributed by atoms with Gasteiger partial charge in [-0.15, -0.1) is 0 Å². The molecule has 1 aromatic carbocycles. The van der Waals surface area contributed by atoms with Gasteiger partial charge in [0.2, 0.25) is 5.91 Å². The van der Waals surface area contributed by atoms with Crippen LogP contribution in [0.1, 0.15) is 12.7 Å². The summed E-state index contributed by atoms with van der Waals surface area (Å²) in [6.07, 6.45) is 1.79. The smallest absolute Gasteiger partial charge is 0.231 e. The zero-order valence-corrected chi connectivity index (χ0v) is 10.2. The highest BCUT2D eigenvalue weighted by Crippen LogP contribution is 2.15. The third-order valence-corrected chi connectivity index (χ3v) is 2.36. The Bertz CT molecular complexity index is 488. The number of ether oxygens (including phenoxy) is 1. The van der Waals surface area contributed by atoms with Gasteiger partial charge in [-0.2, -0.15) is 0 Å². The maximum atomic E-state index is 11.7. The molecule has 4 heteroatoms. The van der Waals surface area contributed by atoms with Crippen molar-refractivity contribution in [3.05, 3.63) is 48.4 Å². The fraction of sp³-hybridized carbons (Fsp3) is 0.214. The lowest BCUT2D eigenvalue weighted by Gasteiger charge is -2.06. The predicted octanol–water partition coefficient (Wildman–Crippen LogP) is 2.86. The van der Waals surface area contributed by atoms with E-state index >= 15 is 0 Å². The number of amides is 1. The molecule has 1 amide bonds. The van der Waals surface area contributed by atoms with E-state index < -0.39 is 0 Å². The van der Waals surface area contributed by atoms with Crippen molar-refractivity contribution < 1.29 is 13.9 Å². The van der Waals surface area contributed by atoms with Gasteiger partial charge < -0.3 is 14.5 Å². The van der Waals surface area contributed by atoms with Gasteiger partial charge in [0.15, 0.2) is 0 Å². The molecule has 1 heterocycles. The van der Waals surface area contributed by atoms with Crippen molar-refractivity contribution in [2.75, 3.05) is 11.9 Å². The van der Waals surface area contributed by atoms with Crippen molar-refractivity contribution in [3.8, 4) is 5.75 Å². The summed E-state index contributed by atoms with van der Waals surface area (Å²) in [7, 11) is 0. The van der Waals surface area contributed by atoms with Crippen LogP contribution in [0.25, 0.3) is 0 Å². The van der Waals surface area contributed by atoms with E-state index in [4.69, 9.17) is 9.15 Å². The van der Waals surface area contributed by atoms with E-state index in [2.05, 4.69) is 5.32 Å². The van der Waals surface area contributed by atoms with E-state index in [1.165, 1.54) is 0 Å². The molecule has 0 saturated carbocycles. The topological polar surface area (TPSA) is 51.5 Å². The maximum Gasteiger partial charge on any atom is 0.231 e. The van der Waals surface area contributed by atoms with Crippen LogP contribution < -0.4 is 10.1 Å². The Kier molecular flexibility index (Phi) is 4.02. The second-order valence-electron chi connectivity index (χ2n) is 3.76. The van der Waals surface area contributed by atoms with E-state index in [1.807, 2.05) is 31.2 Å². The van der Waals surface area contributed by atoms with E-state index in [0.29, 0.717) is 12.4 Å². The van der Waals surface area contributed by atoms with Gasteiger partial charge in [0, 0.05) is 5.69 Å². The Morgan fingerprint density at radius 3 is 2.67 bits per heavy atom. The van der Waals surface area contributed by atoms with Crippen LogP contribution in [-0.2, 0) is 11.2 Å². The molecule has 0 atom stereocenters. The molecule has 1 aromatic heterocycles. The van der Waals surface area contributed by atoms with Crippen LogP contribution in [0.15, 0.2) is 47.1 Å². The number of hydrogen-bond acceptors (Lipinski definition) is 3. The highest BCUT2D eigenvalue weighted by atomic mass is 16.5. The summed E-state index contributed by atoms with van der Waals surface area (Å²) >= 11 is 0. The number of furan rings is 1. The Morgan fingerprint density at radius 2 is 2.06 bits per heavy atom. The van der Waals surface area contributed by atoms with Gasteiger partial charge in [-0.05, 0) is 43.3 Å². The Labute approximate surface area is 106 Å². The Balaban J connectivity index is 1.90. The Morgan fingerprint density at radius 1 is 1.28 bits per heavy atom. The lowest BCUT2D eigenvalue weighted by atomic mass is 10.2. The molecule has 0 aliphatic carbocycles. The van der Waals surface area contributed by atoms with Crippen molar-refractivity contribution >= 4 is 11.6 Å². The summed E-state index contributed by atoms with van der Waals surface area (Å²) in [5.74, 6) is 1.34. The monoisotopic (exact) mass is 245 g/mol. The van der Waals surface area contributed by atoms with Crippen molar-refractivity contribution in [2.45, 2.75) is 13.3 Å². The molecule has 0 unspecified atom stereocenters. The molecule has 0 radical (unpaired) electrons. The van der Waals surface area contributed by atoms with Crippen LogP contribution >= 0.6 is 0 Å². The SMILES string of the molecule is CCOc1ccc(NC(=O)Cc2ccco2)cc1. The standard InChI is InChI=1S/C14H15NO3/c1-2-17-12-7-5-11(6-8-12)15-14(16)10-13-4-3-9-18-13/h3-9H,2,10H2,1H3,(H,15,16). The van der Waals surface area contributed by atoms with Crippen molar-refractivity contribution in [3.63, 3.8) is 0 Å². The average molecular weight is 245 g/mol. The number of rotatable bonds is 5. The minimum absolute atomic E-state index is 0.103. The van der Waals surface area contributed by atoms with E-state index in [9.17, 15) is 4.79 Å². The van der Waals surface area contributed by atoms with Crippen LogP contribution in [0.3, 0.4) is 0 Å². The second-order valence-corrected chi connectivity index (χ2v) is 3.76. The van der Waals surface area contributed by atoms with E-state index in [-0.39, 0.29) is 12.3 Å². The molecular weight excluding hydrogens is 230 g/mol. The summed E-state index contributed by atoms with van der Waals surface area (Å²) in [4.78, 5) is 11.7. The first-order valence-corrected chi connectivity index (χ1v) is 5.83. The van der Waals surface area contributed by atoms with Crippen molar-refractivity contribution in [1.82, 2.24) is 0 Å². The molecular formula is C14H15NO3. The van der Waals surface area contributed by atoms with Crippen molar-refractivity contribution in [1.29, 1.82) is 0 Å². The molecule has 1 N–H and O–H groups in total. The summed E-state index contributed by atoms with van der Waals surface area (Å²) in [6, 6.07) is 10.8. The number of nitrogens with one attached hydrogen (secondary N) is 1. The zero-order valence-electron chi connectivity index (χ0n) is 10.2. The van der Waals surface area contributed by atoms with Gasteiger partial charge in [0.25, 0.3) is 0 Å². The molecule has 0 bridgehead atoms. The number of hydrogen-bond donors (Lipinski definition) is 1. The normalized spacial score (nSPS) is 10.1. The molecule has 2 rings (SSSR count). The summed E-state index contributed by atoms with van der Waals surface area (Å²) < 4.78 is 10.4. The molecule has 2 aromatic rings. The maximum absolute atomic E-state index is 11.7. The van der Waals surface area contributed by atoms with Crippen LogP contribution in [0.4, 0.5) is 5.69 Å². The largest absolute Gasteiger partial charge is 0.494 e. The second kappa shape index (κ2) is 5.91. The molecule has 0 aliphatic heterocycles. The molecule has 94 valence electrons. The lowest BCUT2D eigenvalue weighted by Crippen LogP contribution is -2.13. The van der Waals surface area contributed by atoms with Crippen LogP contribution in [-0.4, -0.2) is 12.5 Å². The van der Waals surface area contributed by atoms with Crippen LogP contribution in [0.2, 0.25) is 0 Å².